The molecular weight excluding hydrogens is 307 g/mol. The predicted molar refractivity (Wildman–Crippen MR) is 59.5 cm³/mol. The first-order chi connectivity index (χ1) is 9.13. The molecule has 0 aliphatic heterocycles. The Bertz CT molecular complexity index is 767. The number of hydrogen-bond acceptors (Lipinski definition) is 3. The van der Waals surface area contributed by atoms with E-state index >= 15 is 0 Å². The minimum Gasteiger partial charge on any atom is -0.375 e. The zero-order valence-electron chi connectivity index (χ0n) is 9.41. The Kier molecular flexibility index (Phi) is 3.32. The Morgan fingerprint density at radius 2 is 1.65 bits per heavy atom. The average Bonchev–Trinajstić information content (AvgIpc) is 2.32. The monoisotopic (exact) mass is 312 g/mol. The second kappa shape index (κ2) is 4.58. The summed E-state index contributed by atoms with van der Waals surface area (Å²) in [5.41, 5.74) is -5.67. The molecule has 20 heavy (non-hydrogen) atoms. The maximum atomic E-state index is 13.6. The zero-order valence-corrected chi connectivity index (χ0v) is 10.2. The van der Waals surface area contributed by atoms with Crippen LogP contribution in [-0.2, 0) is 10.1 Å². The third kappa shape index (κ3) is 2.40. The van der Waals surface area contributed by atoms with E-state index in [0.29, 0.717) is 0 Å². The lowest BCUT2D eigenvalue weighted by atomic mass is 10.1. The van der Waals surface area contributed by atoms with Crippen molar-refractivity contribution in [2.24, 2.45) is 0 Å². The number of halogens is 5. The molecule has 0 unspecified atom stereocenters. The highest BCUT2D eigenvalue weighted by Gasteiger charge is 2.48. The highest BCUT2D eigenvalue weighted by molar-refractivity contribution is 7.88. The van der Waals surface area contributed by atoms with Crippen LogP contribution in [0.1, 0.15) is 0 Å². The maximum absolute atomic E-state index is 13.6. The van der Waals surface area contributed by atoms with Crippen LogP contribution in [0.3, 0.4) is 0 Å². The maximum Gasteiger partial charge on any atom is 0.534 e. The van der Waals surface area contributed by atoms with Gasteiger partial charge in [0.25, 0.3) is 0 Å². The van der Waals surface area contributed by atoms with Crippen molar-refractivity contribution in [3.05, 3.63) is 42.0 Å². The quantitative estimate of drug-likeness (QED) is 0.485. The molecule has 2 aromatic carbocycles. The van der Waals surface area contributed by atoms with Gasteiger partial charge in [0, 0.05) is 0 Å². The molecule has 3 nitrogen and oxygen atoms in total. The van der Waals surface area contributed by atoms with Crippen LogP contribution in [0, 0.1) is 11.6 Å². The molecule has 0 heterocycles. The molecule has 108 valence electrons. The van der Waals surface area contributed by atoms with Gasteiger partial charge in [0.1, 0.15) is 0 Å². The zero-order chi connectivity index (χ0) is 15.1. The molecule has 0 saturated heterocycles. The summed E-state index contributed by atoms with van der Waals surface area (Å²) in [7, 11) is -5.96. The van der Waals surface area contributed by atoms with E-state index in [1.54, 1.807) is 0 Å². The molecule has 0 atom stereocenters. The van der Waals surface area contributed by atoms with E-state index < -0.39 is 38.4 Å². The number of hydrogen-bond donors (Lipinski definition) is 0. The molecule has 9 heteroatoms. The summed E-state index contributed by atoms with van der Waals surface area (Å²) in [6.45, 7) is 0. The Morgan fingerprint density at radius 1 is 1.00 bits per heavy atom. The predicted octanol–water partition coefficient (Wildman–Crippen LogP) is 3.35. The van der Waals surface area contributed by atoms with E-state index in [4.69, 9.17) is 0 Å². The molecule has 0 aliphatic carbocycles. The lowest BCUT2D eigenvalue weighted by Gasteiger charge is -2.11. The van der Waals surface area contributed by atoms with Crippen molar-refractivity contribution in [2.45, 2.75) is 5.51 Å². The van der Waals surface area contributed by atoms with Gasteiger partial charge in [0.2, 0.25) is 0 Å². The van der Waals surface area contributed by atoms with E-state index in [9.17, 15) is 30.4 Å². The van der Waals surface area contributed by atoms with Crippen LogP contribution in [0.5, 0.6) is 5.75 Å². The largest absolute Gasteiger partial charge is 0.534 e. The molecule has 0 radical (unpaired) electrons. The van der Waals surface area contributed by atoms with Crippen molar-refractivity contribution in [3.8, 4) is 5.75 Å². The van der Waals surface area contributed by atoms with Gasteiger partial charge in [-0.2, -0.15) is 21.6 Å². The smallest absolute Gasteiger partial charge is 0.375 e. The SMILES string of the molecule is O=S(=O)(Oc1cccc2ccc(F)c(F)c12)C(F)(F)F. The summed E-state index contributed by atoms with van der Waals surface area (Å²) in [5.74, 6) is -3.76. The van der Waals surface area contributed by atoms with Crippen molar-refractivity contribution < 1.29 is 34.6 Å². The number of fused-ring (bicyclic) bond motifs is 1. The van der Waals surface area contributed by atoms with Crippen molar-refractivity contribution >= 4 is 20.9 Å². The van der Waals surface area contributed by atoms with Gasteiger partial charge >= 0.3 is 15.6 Å². The second-order valence-corrected chi connectivity index (χ2v) is 5.24. The van der Waals surface area contributed by atoms with Crippen molar-refractivity contribution in [2.75, 3.05) is 0 Å². The minimum absolute atomic E-state index is 0.00113. The number of alkyl halides is 3. The van der Waals surface area contributed by atoms with Gasteiger partial charge in [-0.1, -0.05) is 18.2 Å². The summed E-state index contributed by atoms with van der Waals surface area (Å²) >= 11 is 0. The summed E-state index contributed by atoms with van der Waals surface area (Å²) < 4.78 is 89.0. The molecule has 2 aromatic rings. The van der Waals surface area contributed by atoms with E-state index in [-0.39, 0.29) is 5.39 Å². The van der Waals surface area contributed by atoms with Crippen LogP contribution in [0.2, 0.25) is 0 Å². The van der Waals surface area contributed by atoms with Gasteiger partial charge in [-0.05, 0) is 17.5 Å². The number of rotatable bonds is 2. The lowest BCUT2D eigenvalue weighted by Crippen LogP contribution is -2.28. The summed E-state index contributed by atoms with van der Waals surface area (Å²) in [6, 6.07) is 5.07. The molecule has 0 aliphatic rings. The summed E-state index contributed by atoms with van der Waals surface area (Å²) in [5, 5.41) is -0.681. The van der Waals surface area contributed by atoms with Crippen LogP contribution in [0.4, 0.5) is 22.0 Å². The summed E-state index contributed by atoms with van der Waals surface area (Å²) in [6.07, 6.45) is 0. The van der Waals surface area contributed by atoms with Crippen LogP contribution in [-0.4, -0.2) is 13.9 Å². The first-order valence-electron chi connectivity index (χ1n) is 5.01. The molecule has 0 N–H and O–H groups in total. The molecule has 0 saturated carbocycles. The van der Waals surface area contributed by atoms with Crippen LogP contribution in [0.25, 0.3) is 10.8 Å². The van der Waals surface area contributed by atoms with Crippen LogP contribution >= 0.6 is 0 Å². The van der Waals surface area contributed by atoms with Gasteiger partial charge in [0.15, 0.2) is 17.4 Å². The number of benzene rings is 2. The molecular formula is C11H5F5O3S. The highest BCUT2D eigenvalue weighted by atomic mass is 32.2. The van der Waals surface area contributed by atoms with Crippen molar-refractivity contribution in [3.63, 3.8) is 0 Å². The Morgan fingerprint density at radius 3 is 2.25 bits per heavy atom. The fourth-order valence-corrected chi connectivity index (χ4v) is 1.98. The van der Waals surface area contributed by atoms with Crippen molar-refractivity contribution in [1.82, 2.24) is 0 Å². The van der Waals surface area contributed by atoms with E-state index in [0.717, 1.165) is 24.3 Å². The standard InChI is InChI=1S/C11H5F5O3S/c12-7-5-4-6-2-1-3-8(9(6)10(7)13)19-20(17,18)11(14,15)16/h1-5H. The Hall–Kier alpha value is -1.90. The van der Waals surface area contributed by atoms with Gasteiger partial charge in [0.05, 0.1) is 5.39 Å². The van der Waals surface area contributed by atoms with E-state index in [2.05, 4.69) is 4.18 Å². The third-order valence-corrected chi connectivity index (χ3v) is 3.35. The molecule has 0 fully saturated rings. The minimum atomic E-state index is -5.96. The molecule has 0 bridgehead atoms. The first kappa shape index (κ1) is 14.5. The van der Waals surface area contributed by atoms with E-state index in [1.807, 2.05) is 0 Å². The Labute approximate surface area is 109 Å². The topological polar surface area (TPSA) is 43.4 Å². The van der Waals surface area contributed by atoms with E-state index in [1.165, 1.54) is 6.07 Å². The third-order valence-electron chi connectivity index (χ3n) is 2.38. The fourth-order valence-electron chi connectivity index (χ4n) is 1.51. The highest BCUT2D eigenvalue weighted by Crippen LogP contribution is 2.33. The van der Waals surface area contributed by atoms with Crippen LogP contribution in [0.15, 0.2) is 30.3 Å². The average molecular weight is 312 g/mol. The molecule has 0 amide bonds. The fraction of sp³-hybridized carbons (Fsp3) is 0.0909. The second-order valence-electron chi connectivity index (χ2n) is 3.70. The van der Waals surface area contributed by atoms with Crippen LogP contribution < -0.4 is 4.18 Å². The molecule has 0 spiro atoms. The molecule has 2 rings (SSSR count). The Balaban J connectivity index is 2.65. The first-order valence-corrected chi connectivity index (χ1v) is 6.42. The van der Waals surface area contributed by atoms with Gasteiger partial charge in [-0.3, -0.25) is 0 Å². The van der Waals surface area contributed by atoms with Crippen molar-refractivity contribution in [1.29, 1.82) is 0 Å². The normalized spacial score (nSPS) is 12.7. The summed E-state index contributed by atoms with van der Waals surface area (Å²) in [4.78, 5) is 0. The van der Waals surface area contributed by atoms with Gasteiger partial charge < -0.3 is 4.18 Å². The van der Waals surface area contributed by atoms with Gasteiger partial charge in [-0.25, -0.2) is 8.78 Å². The van der Waals surface area contributed by atoms with Gasteiger partial charge in [-0.15, -0.1) is 0 Å². The molecule has 0 aromatic heterocycles. The lowest BCUT2D eigenvalue weighted by molar-refractivity contribution is -0.0499.